The lowest BCUT2D eigenvalue weighted by Gasteiger charge is -2.09. The smallest absolute Gasteiger partial charge is 0.265 e. The molecule has 2 aromatic heterocycles. The molecule has 0 bridgehead atoms. The van der Waals surface area contributed by atoms with E-state index in [0.29, 0.717) is 29.3 Å². The summed E-state index contributed by atoms with van der Waals surface area (Å²) in [7, 11) is -3.64. The van der Waals surface area contributed by atoms with Gasteiger partial charge in [0.25, 0.3) is 10.0 Å². The quantitative estimate of drug-likeness (QED) is 0.765. The van der Waals surface area contributed by atoms with Crippen molar-refractivity contribution in [2.75, 3.05) is 11.3 Å². The molecule has 0 spiro atoms. The fourth-order valence-corrected chi connectivity index (χ4v) is 4.35. The fourth-order valence-electron chi connectivity index (χ4n) is 2.19. The van der Waals surface area contributed by atoms with Crippen LogP contribution in [0, 0.1) is 13.8 Å². The van der Waals surface area contributed by atoms with Crippen LogP contribution in [0.4, 0.5) is 5.69 Å². The van der Waals surface area contributed by atoms with E-state index in [4.69, 9.17) is 4.42 Å². The van der Waals surface area contributed by atoms with Crippen molar-refractivity contribution in [3.05, 3.63) is 33.9 Å². The van der Waals surface area contributed by atoms with Gasteiger partial charge in [-0.05, 0) is 38.3 Å². The molecule has 0 saturated heterocycles. The summed E-state index contributed by atoms with van der Waals surface area (Å²) < 4.78 is 33.3. The van der Waals surface area contributed by atoms with E-state index in [1.807, 2.05) is 5.38 Å². The highest BCUT2D eigenvalue weighted by Crippen LogP contribution is 2.28. The summed E-state index contributed by atoms with van der Waals surface area (Å²) in [5, 5.41) is 6.81. The lowest BCUT2D eigenvalue weighted by molar-refractivity contribution is 0.493. The standard InChI is InChI=1S/C14H20N2O3S2/c1-4-6-15-8-13-10(2)19-11(3)14(13)21(17,18)16-12-5-7-20-9-12/h5,7,9,15-16H,4,6,8H2,1-3H3. The first kappa shape index (κ1) is 16.1. The number of nitrogens with one attached hydrogen (secondary N) is 2. The molecule has 0 fully saturated rings. The van der Waals surface area contributed by atoms with Crippen molar-refractivity contribution in [3.63, 3.8) is 0 Å². The van der Waals surface area contributed by atoms with Crippen LogP contribution in [0.2, 0.25) is 0 Å². The Morgan fingerprint density at radius 1 is 1.29 bits per heavy atom. The molecular weight excluding hydrogens is 308 g/mol. The maximum atomic E-state index is 12.6. The molecule has 0 radical (unpaired) electrons. The highest BCUT2D eigenvalue weighted by atomic mass is 32.2. The van der Waals surface area contributed by atoms with E-state index in [1.165, 1.54) is 11.3 Å². The molecule has 2 rings (SSSR count). The SMILES string of the molecule is CCCNCc1c(C)oc(C)c1S(=O)(=O)Nc1ccsc1. The van der Waals surface area contributed by atoms with Gasteiger partial charge >= 0.3 is 0 Å². The van der Waals surface area contributed by atoms with Crippen LogP contribution in [0.5, 0.6) is 0 Å². The molecule has 5 nitrogen and oxygen atoms in total. The normalized spacial score (nSPS) is 11.8. The van der Waals surface area contributed by atoms with Crippen molar-refractivity contribution in [2.45, 2.75) is 38.6 Å². The molecule has 0 amide bonds. The molecule has 116 valence electrons. The zero-order valence-corrected chi connectivity index (χ0v) is 14.0. The van der Waals surface area contributed by atoms with Crippen molar-refractivity contribution >= 4 is 27.0 Å². The van der Waals surface area contributed by atoms with Gasteiger partial charge in [0.1, 0.15) is 16.4 Å². The van der Waals surface area contributed by atoms with Crippen molar-refractivity contribution in [1.82, 2.24) is 5.32 Å². The van der Waals surface area contributed by atoms with E-state index in [-0.39, 0.29) is 4.90 Å². The van der Waals surface area contributed by atoms with Crippen LogP contribution >= 0.6 is 11.3 Å². The number of hydrogen-bond donors (Lipinski definition) is 2. The van der Waals surface area contributed by atoms with Gasteiger partial charge in [-0.15, -0.1) is 0 Å². The van der Waals surface area contributed by atoms with Crippen LogP contribution < -0.4 is 10.0 Å². The molecule has 21 heavy (non-hydrogen) atoms. The molecule has 0 aliphatic rings. The molecule has 0 aliphatic carbocycles. The Bertz CT molecular complexity index is 688. The van der Waals surface area contributed by atoms with E-state index in [2.05, 4.69) is 17.0 Å². The highest BCUT2D eigenvalue weighted by molar-refractivity contribution is 7.92. The topological polar surface area (TPSA) is 71.3 Å². The third kappa shape index (κ3) is 3.66. The van der Waals surface area contributed by atoms with Crippen LogP contribution in [0.1, 0.15) is 30.4 Å². The maximum Gasteiger partial charge on any atom is 0.265 e. The summed E-state index contributed by atoms with van der Waals surface area (Å²) in [5.74, 6) is 1.06. The lowest BCUT2D eigenvalue weighted by atomic mass is 10.2. The number of rotatable bonds is 7. The average Bonchev–Trinajstić information content (AvgIpc) is 2.98. The Morgan fingerprint density at radius 3 is 2.67 bits per heavy atom. The van der Waals surface area contributed by atoms with E-state index in [0.717, 1.165) is 13.0 Å². The Morgan fingerprint density at radius 2 is 2.05 bits per heavy atom. The number of anilines is 1. The molecule has 2 heterocycles. The van der Waals surface area contributed by atoms with Crippen LogP contribution in [0.15, 0.2) is 26.1 Å². The Balaban J connectivity index is 2.33. The Labute approximate surface area is 129 Å². The summed E-state index contributed by atoms with van der Waals surface area (Å²) in [6, 6.07) is 1.74. The molecule has 0 saturated carbocycles. The number of aryl methyl sites for hydroxylation is 2. The zero-order chi connectivity index (χ0) is 15.5. The molecule has 0 unspecified atom stereocenters. The van der Waals surface area contributed by atoms with Gasteiger partial charge in [0.05, 0.1) is 5.69 Å². The Kier molecular flexibility index (Phi) is 5.08. The van der Waals surface area contributed by atoms with Crippen molar-refractivity contribution in [2.24, 2.45) is 0 Å². The van der Waals surface area contributed by atoms with Gasteiger partial charge in [-0.2, -0.15) is 11.3 Å². The summed E-state index contributed by atoms with van der Waals surface area (Å²) in [5.41, 5.74) is 1.27. The first-order chi connectivity index (χ1) is 9.95. The molecule has 0 atom stereocenters. The van der Waals surface area contributed by atoms with Crippen LogP contribution in [0.3, 0.4) is 0 Å². The largest absolute Gasteiger partial charge is 0.465 e. The summed E-state index contributed by atoms with van der Waals surface area (Å²) in [4.78, 5) is 0.245. The van der Waals surface area contributed by atoms with Crippen LogP contribution in [-0.2, 0) is 16.6 Å². The molecule has 2 aromatic rings. The summed E-state index contributed by atoms with van der Waals surface area (Å²) in [6.45, 7) is 6.85. The van der Waals surface area contributed by atoms with E-state index in [1.54, 1.807) is 25.3 Å². The predicted molar refractivity (Wildman–Crippen MR) is 85.3 cm³/mol. The van der Waals surface area contributed by atoms with E-state index >= 15 is 0 Å². The number of thiophene rings is 1. The third-order valence-electron chi connectivity index (χ3n) is 3.10. The predicted octanol–water partition coefficient (Wildman–Crippen LogP) is 3.26. The van der Waals surface area contributed by atoms with Gasteiger partial charge in [0, 0.05) is 17.5 Å². The molecular formula is C14H20N2O3S2. The van der Waals surface area contributed by atoms with Gasteiger partial charge in [0.15, 0.2) is 0 Å². The maximum absolute atomic E-state index is 12.6. The van der Waals surface area contributed by atoms with Gasteiger partial charge < -0.3 is 9.73 Å². The lowest BCUT2D eigenvalue weighted by Crippen LogP contribution is -2.19. The number of sulfonamides is 1. The van der Waals surface area contributed by atoms with Crippen molar-refractivity contribution < 1.29 is 12.8 Å². The second-order valence-electron chi connectivity index (χ2n) is 4.82. The van der Waals surface area contributed by atoms with E-state index < -0.39 is 10.0 Å². The van der Waals surface area contributed by atoms with Crippen LogP contribution in [-0.4, -0.2) is 15.0 Å². The molecule has 0 aromatic carbocycles. The van der Waals surface area contributed by atoms with Gasteiger partial charge in [-0.1, -0.05) is 6.92 Å². The summed E-state index contributed by atoms with van der Waals surface area (Å²) in [6.07, 6.45) is 0.991. The molecule has 0 aliphatic heterocycles. The van der Waals surface area contributed by atoms with Crippen LogP contribution in [0.25, 0.3) is 0 Å². The fraction of sp³-hybridized carbons (Fsp3) is 0.429. The second kappa shape index (κ2) is 6.64. The van der Waals surface area contributed by atoms with Gasteiger partial charge in [-0.25, -0.2) is 8.42 Å². The highest BCUT2D eigenvalue weighted by Gasteiger charge is 2.26. The van der Waals surface area contributed by atoms with Crippen molar-refractivity contribution in [3.8, 4) is 0 Å². The van der Waals surface area contributed by atoms with Crippen molar-refractivity contribution in [1.29, 1.82) is 0 Å². The second-order valence-corrected chi connectivity index (χ2v) is 7.22. The third-order valence-corrected chi connectivity index (χ3v) is 5.35. The van der Waals surface area contributed by atoms with E-state index in [9.17, 15) is 8.42 Å². The monoisotopic (exact) mass is 328 g/mol. The number of hydrogen-bond acceptors (Lipinski definition) is 5. The molecule has 7 heteroatoms. The minimum absolute atomic E-state index is 0.245. The van der Waals surface area contributed by atoms with Gasteiger partial charge in [-0.3, -0.25) is 4.72 Å². The minimum Gasteiger partial charge on any atom is -0.465 e. The number of furan rings is 1. The zero-order valence-electron chi connectivity index (χ0n) is 12.4. The Hall–Kier alpha value is -1.31. The first-order valence-electron chi connectivity index (χ1n) is 6.80. The first-order valence-corrected chi connectivity index (χ1v) is 9.23. The molecule has 2 N–H and O–H groups in total. The average molecular weight is 328 g/mol. The minimum atomic E-state index is -3.64. The van der Waals surface area contributed by atoms with Gasteiger partial charge in [0.2, 0.25) is 0 Å². The summed E-state index contributed by atoms with van der Waals surface area (Å²) >= 11 is 1.44.